The number of hydrogen-bond donors (Lipinski definition) is 3. The van der Waals surface area contributed by atoms with Crippen LogP contribution < -0.4 is 15.4 Å². The van der Waals surface area contributed by atoms with Gasteiger partial charge in [0.25, 0.3) is 0 Å². The largest absolute Gasteiger partial charge is 0.497 e. The van der Waals surface area contributed by atoms with Crippen LogP contribution >= 0.6 is 0 Å². The third-order valence-corrected chi connectivity index (χ3v) is 3.37. The molecule has 2 aromatic carbocycles. The van der Waals surface area contributed by atoms with Gasteiger partial charge in [-0.15, -0.1) is 0 Å². The Morgan fingerprint density at radius 1 is 1.22 bits per heavy atom. The number of ether oxygens (including phenoxy) is 1. The summed E-state index contributed by atoms with van der Waals surface area (Å²) in [6, 6.07) is 11.4. The van der Waals surface area contributed by atoms with Crippen molar-refractivity contribution < 1.29 is 19.0 Å². The third kappa shape index (κ3) is 4.69. The first-order chi connectivity index (χ1) is 11.0. The fourth-order valence-corrected chi connectivity index (χ4v) is 2.10. The van der Waals surface area contributed by atoms with Gasteiger partial charge in [0.1, 0.15) is 11.6 Å². The van der Waals surface area contributed by atoms with E-state index in [9.17, 15) is 14.3 Å². The van der Waals surface area contributed by atoms with Crippen LogP contribution in [0.15, 0.2) is 48.5 Å². The van der Waals surface area contributed by atoms with Crippen LogP contribution in [0.1, 0.15) is 18.6 Å². The molecule has 0 radical (unpaired) electrons. The van der Waals surface area contributed by atoms with Crippen LogP contribution in [0.5, 0.6) is 5.75 Å². The van der Waals surface area contributed by atoms with Crippen LogP contribution in [0.2, 0.25) is 0 Å². The summed E-state index contributed by atoms with van der Waals surface area (Å²) in [5.41, 5.74) is 1.10. The maximum absolute atomic E-state index is 12.9. The molecule has 2 amide bonds. The average molecular weight is 318 g/mol. The van der Waals surface area contributed by atoms with Crippen molar-refractivity contribution in [2.45, 2.75) is 19.1 Å². The number of carbonyl (C=O) groups excluding carboxylic acids is 1. The molecule has 0 aliphatic carbocycles. The summed E-state index contributed by atoms with van der Waals surface area (Å²) < 4.78 is 18.0. The molecule has 23 heavy (non-hydrogen) atoms. The topological polar surface area (TPSA) is 70.6 Å². The molecule has 122 valence electrons. The standard InChI is InChI=1S/C17H19FN2O3/c1-11(16(21)12-6-8-13(18)9-7-12)19-17(22)20-14-4-3-5-15(10-14)23-2/h3-11,16,21H,1-2H3,(H2,19,20,22)/t11-,16-/m0/s1. The van der Waals surface area contributed by atoms with Gasteiger partial charge >= 0.3 is 6.03 Å². The minimum absolute atomic E-state index is 0.377. The molecule has 2 rings (SSSR count). The van der Waals surface area contributed by atoms with E-state index in [4.69, 9.17) is 4.74 Å². The summed E-state index contributed by atoms with van der Waals surface area (Å²) in [6.45, 7) is 1.67. The quantitative estimate of drug-likeness (QED) is 0.793. The van der Waals surface area contributed by atoms with Gasteiger partial charge in [-0.1, -0.05) is 18.2 Å². The zero-order valence-electron chi connectivity index (χ0n) is 12.9. The van der Waals surface area contributed by atoms with E-state index in [1.165, 1.54) is 24.3 Å². The highest BCUT2D eigenvalue weighted by atomic mass is 19.1. The van der Waals surface area contributed by atoms with Crippen molar-refractivity contribution in [2.75, 3.05) is 12.4 Å². The number of methoxy groups -OCH3 is 1. The van der Waals surface area contributed by atoms with E-state index in [0.29, 0.717) is 17.0 Å². The Kier molecular flexibility index (Phi) is 5.54. The SMILES string of the molecule is COc1cccc(NC(=O)N[C@@H](C)[C@H](O)c2ccc(F)cc2)c1. The average Bonchev–Trinajstić information content (AvgIpc) is 2.54. The number of urea groups is 1. The highest BCUT2D eigenvalue weighted by Crippen LogP contribution is 2.18. The van der Waals surface area contributed by atoms with Crippen molar-refractivity contribution in [3.63, 3.8) is 0 Å². The molecule has 0 aromatic heterocycles. The number of aliphatic hydroxyl groups excluding tert-OH is 1. The molecule has 0 aliphatic rings. The predicted octanol–water partition coefficient (Wildman–Crippen LogP) is 3.08. The van der Waals surface area contributed by atoms with Gasteiger partial charge in [0.15, 0.2) is 0 Å². The second kappa shape index (κ2) is 7.60. The predicted molar refractivity (Wildman–Crippen MR) is 86.0 cm³/mol. The van der Waals surface area contributed by atoms with Crippen molar-refractivity contribution in [3.05, 3.63) is 59.9 Å². The van der Waals surface area contributed by atoms with Gasteiger partial charge in [-0.2, -0.15) is 0 Å². The number of amides is 2. The molecule has 0 saturated carbocycles. The lowest BCUT2D eigenvalue weighted by Crippen LogP contribution is -2.39. The molecule has 5 nitrogen and oxygen atoms in total. The van der Waals surface area contributed by atoms with Gasteiger partial charge in [-0.3, -0.25) is 0 Å². The molecule has 0 aliphatic heterocycles. The zero-order chi connectivity index (χ0) is 16.8. The normalized spacial score (nSPS) is 13.0. The van der Waals surface area contributed by atoms with E-state index in [1.807, 2.05) is 0 Å². The van der Waals surface area contributed by atoms with Gasteiger partial charge in [0.2, 0.25) is 0 Å². The molecule has 0 heterocycles. The Hall–Kier alpha value is -2.60. The van der Waals surface area contributed by atoms with E-state index < -0.39 is 18.2 Å². The van der Waals surface area contributed by atoms with Crippen molar-refractivity contribution in [1.82, 2.24) is 5.32 Å². The van der Waals surface area contributed by atoms with Crippen molar-refractivity contribution in [3.8, 4) is 5.75 Å². The van der Waals surface area contributed by atoms with E-state index >= 15 is 0 Å². The van der Waals surface area contributed by atoms with Gasteiger partial charge in [-0.25, -0.2) is 9.18 Å². The van der Waals surface area contributed by atoms with Crippen LogP contribution in [0.25, 0.3) is 0 Å². The molecule has 2 aromatic rings. The lowest BCUT2D eigenvalue weighted by molar-refractivity contribution is 0.139. The van der Waals surface area contributed by atoms with Crippen molar-refractivity contribution in [2.24, 2.45) is 0 Å². The Bertz CT molecular complexity index is 661. The highest BCUT2D eigenvalue weighted by Gasteiger charge is 2.18. The number of benzene rings is 2. The van der Waals surface area contributed by atoms with Gasteiger partial charge in [-0.05, 0) is 36.8 Å². The summed E-state index contributed by atoms with van der Waals surface area (Å²) in [7, 11) is 1.54. The molecule has 3 N–H and O–H groups in total. The summed E-state index contributed by atoms with van der Waals surface area (Å²) >= 11 is 0. The lowest BCUT2D eigenvalue weighted by atomic mass is 10.0. The zero-order valence-corrected chi connectivity index (χ0v) is 12.9. The van der Waals surface area contributed by atoms with Crippen molar-refractivity contribution >= 4 is 11.7 Å². The van der Waals surface area contributed by atoms with Gasteiger partial charge in [0, 0.05) is 11.8 Å². The Morgan fingerprint density at radius 3 is 2.57 bits per heavy atom. The number of aliphatic hydroxyl groups is 1. The fourth-order valence-electron chi connectivity index (χ4n) is 2.10. The first kappa shape index (κ1) is 16.8. The van der Waals surface area contributed by atoms with E-state index in [2.05, 4.69) is 10.6 Å². The smallest absolute Gasteiger partial charge is 0.319 e. The Labute approximate surface area is 134 Å². The summed E-state index contributed by atoms with van der Waals surface area (Å²) in [4.78, 5) is 12.0. The number of anilines is 1. The third-order valence-electron chi connectivity index (χ3n) is 3.37. The number of halogens is 1. The maximum atomic E-state index is 12.9. The van der Waals surface area contributed by atoms with Gasteiger partial charge in [0.05, 0.1) is 19.3 Å². The number of hydrogen-bond acceptors (Lipinski definition) is 3. The molecule has 6 heteroatoms. The monoisotopic (exact) mass is 318 g/mol. The maximum Gasteiger partial charge on any atom is 0.319 e. The second-order valence-corrected chi connectivity index (χ2v) is 5.12. The second-order valence-electron chi connectivity index (χ2n) is 5.12. The van der Waals surface area contributed by atoms with Crippen LogP contribution in [-0.2, 0) is 0 Å². The molecule has 0 spiro atoms. The van der Waals surface area contributed by atoms with E-state index in [1.54, 1.807) is 38.3 Å². The lowest BCUT2D eigenvalue weighted by Gasteiger charge is -2.21. The van der Waals surface area contributed by atoms with E-state index in [-0.39, 0.29) is 5.82 Å². The van der Waals surface area contributed by atoms with Crippen LogP contribution in [0, 0.1) is 5.82 Å². The molecule has 0 fully saturated rings. The minimum atomic E-state index is -0.938. The number of rotatable bonds is 5. The Morgan fingerprint density at radius 2 is 1.91 bits per heavy atom. The Balaban J connectivity index is 1.94. The van der Waals surface area contributed by atoms with E-state index in [0.717, 1.165) is 0 Å². The molecular weight excluding hydrogens is 299 g/mol. The summed E-state index contributed by atoms with van der Waals surface area (Å²) in [5.74, 6) is 0.250. The van der Waals surface area contributed by atoms with Crippen LogP contribution in [0.4, 0.5) is 14.9 Å². The van der Waals surface area contributed by atoms with Crippen LogP contribution in [-0.4, -0.2) is 24.3 Å². The number of nitrogens with one attached hydrogen (secondary N) is 2. The first-order valence-corrected chi connectivity index (χ1v) is 7.14. The minimum Gasteiger partial charge on any atom is -0.497 e. The first-order valence-electron chi connectivity index (χ1n) is 7.14. The molecule has 0 unspecified atom stereocenters. The summed E-state index contributed by atoms with van der Waals surface area (Å²) in [5, 5.41) is 15.5. The molecular formula is C17H19FN2O3. The number of carbonyl (C=O) groups is 1. The molecule has 2 atom stereocenters. The fraction of sp³-hybridized carbons (Fsp3) is 0.235. The highest BCUT2D eigenvalue weighted by molar-refractivity contribution is 5.89. The molecule has 0 bridgehead atoms. The summed E-state index contributed by atoms with van der Waals surface area (Å²) in [6.07, 6.45) is -0.938. The van der Waals surface area contributed by atoms with Gasteiger partial charge < -0.3 is 20.5 Å². The van der Waals surface area contributed by atoms with Crippen LogP contribution in [0.3, 0.4) is 0 Å². The van der Waals surface area contributed by atoms with Crippen molar-refractivity contribution in [1.29, 1.82) is 0 Å². The molecule has 0 saturated heterocycles.